The molecule has 0 saturated heterocycles. The average molecular weight is 258 g/mol. The van der Waals surface area contributed by atoms with E-state index in [0.29, 0.717) is 6.07 Å². The Balaban J connectivity index is 0.00000121. The van der Waals surface area contributed by atoms with Crippen LogP contribution in [0.15, 0.2) is 18.2 Å². The third-order valence-corrected chi connectivity index (χ3v) is 1.86. The highest BCUT2D eigenvalue weighted by molar-refractivity contribution is 5.38. The summed E-state index contributed by atoms with van der Waals surface area (Å²) in [5.41, 5.74) is -3.69. The second-order valence-electron chi connectivity index (χ2n) is 2.99. The summed E-state index contributed by atoms with van der Waals surface area (Å²) in [7, 11) is 0. The maximum atomic E-state index is 12.3. The van der Waals surface area contributed by atoms with Gasteiger partial charge in [-0.15, -0.1) is 0 Å². The van der Waals surface area contributed by atoms with Crippen molar-refractivity contribution in [3.8, 4) is 0 Å². The number of hydrogen-bond donors (Lipinski definition) is 0. The number of aryl methyl sites for hydroxylation is 1. The van der Waals surface area contributed by atoms with Gasteiger partial charge in [-0.1, -0.05) is 26.0 Å². The van der Waals surface area contributed by atoms with Gasteiger partial charge in [-0.3, -0.25) is 0 Å². The highest BCUT2D eigenvalue weighted by atomic mass is 19.4. The Morgan fingerprint density at radius 3 is 1.59 bits per heavy atom. The van der Waals surface area contributed by atoms with Crippen LogP contribution < -0.4 is 0 Å². The monoisotopic (exact) mass is 258 g/mol. The quantitative estimate of drug-likeness (QED) is 0.570. The zero-order valence-electron chi connectivity index (χ0n) is 9.50. The summed E-state index contributed by atoms with van der Waals surface area (Å²) < 4.78 is 73.8. The summed E-state index contributed by atoms with van der Waals surface area (Å²) in [6, 6.07) is 2.38. The molecule has 0 aromatic heterocycles. The highest BCUT2D eigenvalue weighted by Gasteiger charge is 2.43. The van der Waals surface area contributed by atoms with E-state index in [-0.39, 0.29) is 0 Å². The standard InChI is InChI=1S/C9H6F6.C2H6/c1-5-3-2-4-6(8(10,11)12)7(5)9(13,14)15;1-2/h2-4H,1H3;1-2H3. The van der Waals surface area contributed by atoms with E-state index in [2.05, 4.69) is 0 Å². The van der Waals surface area contributed by atoms with Gasteiger partial charge in [0.15, 0.2) is 0 Å². The predicted octanol–water partition coefficient (Wildman–Crippen LogP) is 5.06. The van der Waals surface area contributed by atoms with E-state index in [1.54, 1.807) is 0 Å². The fourth-order valence-corrected chi connectivity index (χ4v) is 1.28. The van der Waals surface area contributed by atoms with Crippen LogP contribution >= 0.6 is 0 Å². The summed E-state index contributed by atoms with van der Waals surface area (Å²) >= 11 is 0. The Kier molecular flexibility index (Phi) is 5.04. The van der Waals surface area contributed by atoms with Crippen molar-refractivity contribution in [2.24, 2.45) is 0 Å². The van der Waals surface area contributed by atoms with Gasteiger partial charge in [-0.2, -0.15) is 26.3 Å². The molecule has 0 radical (unpaired) electrons. The minimum atomic E-state index is -4.99. The number of alkyl halides is 6. The fourth-order valence-electron chi connectivity index (χ4n) is 1.28. The average Bonchev–Trinajstić information content (AvgIpc) is 2.17. The second kappa shape index (κ2) is 5.42. The van der Waals surface area contributed by atoms with Crippen molar-refractivity contribution in [1.29, 1.82) is 0 Å². The Morgan fingerprint density at radius 1 is 0.824 bits per heavy atom. The molecule has 1 aromatic rings. The van der Waals surface area contributed by atoms with E-state index in [1.807, 2.05) is 13.8 Å². The SMILES string of the molecule is CC.Cc1cccc(C(F)(F)F)c1C(F)(F)F. The van der Waals surface area contributed by atoms with Gasteiger partial charge in [0.1, 0.15) is 0 Å². The van der Waals surface area contributed by atoms with E-state index in [4.69, 9.17) is 0 Å². The third-order valence-electron chi connectivity index (χ3n) is 1.86. The summed E-state index contributed by atoms with van der Waals surface area (Å²) in [6.45, 7) is 5.00. The molecule has 0 N–H and O–H groups in total. The third kappa shape index (κ3) is 3.94. The van der Waals surface area contributed by atoms with Crippen molar-refractivity contribution in [1.82, 2.24) is 0 Å². The Hall–Kier alpha value is -1.20. The molecule has 6 heteroatoms. The predicted molar refractivity (Wildman–Crippen MR) is 52.5 cm³/mol. The molecule has 98 valence electrons. The van der Waals surface area contributed by atoms with Gasteiger partial charge < -0.3 is 0 Å². The molecule has 0 atom stereocenters. The smallest absolute Gasteiger partial charge is 0.166 e. The topological polar surface area (TPSA) is 0 Å². The lowest BCUT2D eigenvalue weighted by Crippen LogP contribution is -2.17. The van der Waals surface area contributed by atoms with Gasteiger partial charge in [-0.05, 0) is 18.6 Å². The second-order valence-corrected chi connectivity index (χ2v) is 2.99. The minimum absolute atomic E-state index is 0.426. The van der Waals surface area contributed by atoms with Crippen LogP contribution in [0.5, 0.6) is 0 Å². The van der Waals surface area contributed by atoms with E-state index in [9.17, 15) is 26.3 Å². The van der Waals surface area contributed by atoms with Crippen molar-refractivity contribution >= 4 is 0 Å². The van der Waals surface area contributed by atoms with Crippen LogP contribution in [-0.4, -0.2) is 0 Å². The van der Waals surface area contributed by atoms with Crippen LogP contribution in [0, 0.1) is 6.92 Å². The van der Waals surface area contributed by atoms with Crippen molar-refractivity contribution < 1.29 is 26.3 Å². The Morgan fingerprint density at radius 2 is 1.29 bits per heavy atom. The largest absolute Gasteiger partial charge is 0.417 e. The zero-order chi connectivity index (χ0) is 13.9. The number of hydrogen-bond acceptors (Lipinski definition) is 0. The van der Waals surface area contributed by atoms with Gasteiger partial charge >= 0.3 is 12.4 Å². The Bertz CT molecular complexity index is 361. The number of rotatable bonds is 0. The molecule has 0 aliphatic heterocycles. The van der Waals surface area contributed by atoms with Crippen LogP contribution in [0.2, 0.25) is 0 Å². The summed E-state index contributed by atoms with van der Waals surface area (Å²) in [5, 5.41) is 0. The molecule has 0 nitrogen and oxygen atoms in total. The molecule has 0 spiro atoms. The van der Waals surface area contributed by atoms with Crippen LogP contribution in [0.25, 0.3) is 0 Å². The summed E-state index contributed by atoms with van der Waals surface area (Å²) in [4.78, 5) is 0. The van der Waals surface area contributed by atoms with E-state index < -0.39 is 29.0 Å². The zero-order valence-corrected chi connectivity index (χ0v) is 9.50. The van der Waals surface area contributed by atoms with Crippen molar-refractivity contribution in [2.75, 3.05) is 0 Å². The first-order valence-corrected chi connectivity index (χ1v) is 4.88. The highest BCUT2D eigenvalue weighted by Crippen LogP contribution is 2.41. The van der Waals surface area contributed by atoms with Gasteiger partial charge in [0.25, 0.3) is 0 Å². The first kappa shape index (κ1) is 15.8. The van der Waals surface area contributed by atoms with Gasteiger partial charge in [0.2, 0.25) is 0 Å². The fraction of sp³-hybridized carbons (Fsp3) is 0.455. The van der Waals surface area contributed by atoms with Crippen molar-refractivity contribution in [3.63, 3.8) is 0 Å². The summed E-state index contributed by atoms with van der Waals surface area (Å²) in [6.07, 6.45) is -9.98. The molecule has 1 aromatic carbocycles. The van der Waals surface area contributed by atoms with Crippen LogP contribution in [-0.2, 0) is 12.4 Å². The lowest BCUT2D eigenvalue weighted by atomic mass is 10.0. The lowest BCUT2D eigenvalue weighted by Gasteiger charge is -2.17. The van der Waals surface area contributed by atoms with E-state index in [1.165, 1.54) is 0 Å². The summed E-state index contributed by atoms with van der Waals surface area (Å²) in [5.74, 6) is 0. The molecular formula is C11H12F6. The number of benzene rings is 1. The lowest BCUT2D eigenvalue weighted by molar-refractivity contribution is -0.162. The molecule has 0 saturated carbocycles. The maximum absolute atomic E-state index is 12.3. The first-order valence-electron chi connectivity index (χ1n) is 4.88. The van der Waals surface area contributed by atoms with Crippen LogP contribution in [0.1, 0.15) is 30.5 Å². The van der Waals surface area contributed by atoms with Gasteiger partial charge in [0.05, 0.1) is 11.1 Å². The molecule has 1 rings (SSSR count). The molecule has 0 aliphatic carbocycles. The molecular weight excluding hydrogens is 246 g/mol. The van der Waals surface area contributed by atoms with Gasteiger partial charge in [0, 0.05) is 0 Å². The molecule has 0 unspecified atom stereocenters. The molecule has 0 heterocycles. The normalized spacial score (nSPS) is 11.8. The first-order chi connectivity index (χ1) is 7.64. The van der Waals surface area contributed by atoms with Crippen LogP contribution in [0.3, 0.4) is 0 Å². The maximum Gasteiger partial charge on any atom is 0.417 e. The van der Waals surface area contributed by atoms with Crippen LogP contribution in [0.4, 0.5) is 26.3 Å². The van der Waals surface area contributed by atoms with Gasteiger partial charge in [-0.25, -0.2) is 0 Å². The molecule has 0 fully saturated rings. The Labute approximate surface area is 95.3 Å². The molecule has 0 amide bonds. The molecule has 0 aliphatic rings. The minimum Gasteiger partial charge on any atom is -0.166 e. The number of halogens is 6. The van der Waals surface area contributed by atoms with Crippen molar-refractivity contribution in [3.05, 3.63) is 34.9 Å². The van der Waals surface area contributed by atoms with Crippen molar-refractivity contribution in [2.45, 2.75) is 33.1 Å². The molecule has 0 bridgehead atoms. The molecule has 17 heavy (non-hydrogen) atoms. The van der Waals surface area contributed by atoms with E-state index in [0.717, 1.165) is 19.1 Å². The van der Waals surface area contributed by atoms with E-state index >= 15 is 0 Å².